The number of hydrogen-bond donors (Lipinski definition) is 0. The minimum Gasteiger partial charge on any atom is -0.292 e. The molecule has 0 amide bonds. The van der Waals surface area contributed by atoms with Crippen LogP contribution in [-0.2, 0) is 5.41 Å². The largest absolute Gasteiger partial charge is 0.292 e. The van der Waals surface area contributed by atoms with Crippen molar-refractivity contribution in [2.24, 2.45) is 0 Å². The molecule has 0 bridgehead atoms. The van der Waals surface area contributed by atoms with Gasteiger partial charge in [-0.05, 0) is 153 Å². The molecule has 0 fully saturated rings. The van der Waals surface area contributed by atoms with Crippen LogP contribution in [0.25, 0.3) is 116 Å². The zero-order valence-corrected chi connectivity index (χ0v) is 35.7. The van der Waals surface area contributed by atoms with Gasteiger partial charge < -0.3 is 0 Å². The van der Waals surface area contributed by atoms with Gasteiger partial charge in [-0.25, -0.2) is 4.98 Å². The first kappa shape index (κ1) is 36.6. The Kier molecular flexibility index (Phi) is 7.98. The van der Waals surface area contributed by atoms with Crippen molar-refractivity contribution in [1.29, 1.82) is 0 Å². The Labute approximate surface area is 372 Å². The van der Waals surface area contributed by atoms with Crippen LogP contribution in [0.5, 0.6) is 0 Å². The molecule has 0 saturated heterocycles. The van der Waals surface area contributed by atoms with Gasteiger partial charge >= 0.3 is 0 Å². The third kappa shape index (κ3) is 5.55. The van der Waals surface area contributed by atoms with E-state index in [1.165, 1.54) is 93.2 Å². The molecule has 12 aromatic rings. The van der Waals surface area contributed by atoms with Gasteiger partial charge in [0.15, 0.2) is 0 Å². The lowest BCUT2D eigenvalue weighted by atomic mass is 9.79. The van der Waals surface area contributed by atoms with Crippen LogP contribution >= 0.6 is 0 Å². The number of nitrogens with zero attached hydrogens (tertiary/aromatic N) is 2. The molecule has 0 aliphatic heterocycles. The molecule has 64 heavy (non-hydrogen) atoms. The van der Waals surface area contributed by atoms with Gasteiger partial charge in [-0.2, -0.15) is 0 Å². The summed E-state index contributed by atoms with van der Waals surface area (Å²) >= 11 is 0. The Morgan fingerprint density at radius 2 is 0.906 bits per heavy atom. The van der Waals surface area contributed by atoms with Gasteiger partial charge in [0.1, 0.15) is 5.82 Å². The molecular formula is C62H42N2. The van der Waals surface area contributed by atoms with Crippen molar-refractivity contribution in [2.75, 3.05) is 0 Å². The molecule has 1 aliphatic carbocycles. The zero-order chi connectivity index (χ0) is 42.5. The highest BCUT2D eigenvalue weighted by molar-refractivity contribution is 6.23. The lowest BCUT2D eigenvalue weighted by Gasteiger charge is -2.24. The van der Waals surface area contributed by atoms with E-state index in [0.29, 0.717) is 0 Å². The molecule has 1 aliphatic rings. The summed E-state index contributed by atoms with van der Waals surface area (Å²) in [5, 5.41) is 10.0. The minimum absolute atomic E-state index is 0.149. The number of aromatic nitrogens is 2. The summed E-state index contributed by atoms with van der Waals surface area (Å²) < 4.78 is 2.27. The van der Waals surface area contributed by atoms with Gasteiger partial charge in [0.2, 0.25) is 0 Å². The van der Waals surface area contributed by atoms with Crippen molar-refractivity contribution in [1.82, 2.24) is 9.55 Å². The van der Waals surface area contributed by atoms with E-state index in [1.807, 2.05) is 0 Å². The highest BCUT2D eigenvalue weighted by atomic mass is 15.1. The molecule has 0 atom stereocenters. The molecule has 2 heteroatoms. The number of imidazole rings is 1. The van der Waals surface area contributed by atoms with Crippen LogP contribution in [0, 0.1) is 0 Å². The van der Waals surface area contributed by atoms with Crippen LogP contribution in [0.2, 0.25) is 0 Å². The summed E-state index contributed by atoms with van der Waals surface area (Å²) in [4.78, 5) is 5.17. The number of benzene rings is 11. The fourth-order valence-corrected chi connectivity index (χ4v) is 10.8. The van der Waals surface area contributed by atoms with Crippen LogP contribution in [0.1, 0.15) is 25.0 Å². The molecule has 13 rings (SSSR count). The van der Waals surface area contributed by atoms with Gasteiger partial charge in [0.25, 0.3) is 0 Å². The molecule has 0 spiro atoms. The summed E-state index contributed by atoms with van der Waals surface area (Å²) in [5.74, 6) is 0.931. The summed E-state index contributed by atoms with van der Waals surface area (Å²) in [6, 6.07) is 80.6. The van der Waals surface area contributed by atoms with Gasteiger partial charge in [-0.15, -0.1) is 0 Å². The lowest BCUT2D eigenvalue weighted by Crippen LogP contribution is -2.14. The maximum atomic E-state index is 5.17. The van der Waals surface area contributed by atoms with Crippen molar-refractivity contribution in [3.05, 3.63) is 230 Å². The van der Waals surface area contributed by atoms with Crippen LogP contribution in [0.3, 0.4) is 0 Å². The Morgan fingerprint density at radius 3 is 1.64 bits per heavy atom. The highest BCUT2D eigenvalue weighted by Gasteiger charge is 2.36. The number of fused-ring (bicyclic) bond motifs is 8. The second-order valence-corrected chi connectivity index (χ2v) is 17.9. The summed E-state index contributed by atoms with van der Waals surface area (Å²) in [5.41, 5.74) is 16.8. The molecule has 0 unspecified atom stereocenters. The first-order chi connectivity index (χ1) is 31.5. The number of para-hydroxylation sites is 3. The van der Waals surface area contributed by atoms with Gasteiger partial charge in [0.05, 0.1) is 11.0 Å². The molecule has 300 valence electrons. The normalized spacial score (nSPS) is 13.0. The number of hydrogen-bond acceptors (Lipinski definition) is 1. The van der Waals surface area contributed by atoms with E-state index >= 15 is 0 Å². The Morgan fingerprint density at radius 1 is 0.359 bits per heavy atom. The monoisotopic (exact) mass is 814 g/mol. The van der Waals surface area contributed by atoms with Crippen molar-refractivity contribution >= 4 is 54.1 Å². The third-order valence-corrected chi connectivity index (χ3v) is 13.9. The minimum atomic E-state index is -0.149. The van der Waals surface area contributed by atoms with Crippen molar-refractivity contribution in [3.63, 3.8) is 0 Å². The zero-order valence-electron chi connectivity index (χ0n) is 35.7. The van der Waals surface area contributed by atoms with E-state index in [4.69, 9.17) is 4.98 Å². The van der Waals surface area contributed by atoms with Crippen molar-refractivity contribution in [2.45, 2.75) is 19.3 Å². The van der Waals surface area contributed by atoms with Gasteiger partial charge in [-0.3, -0.25) is 4.57 Å². The SMILES string of the molecule is CC1(C)c2ccccc2-c2cc3c(-c4ccc5ccccc5c4)c4ccc(-c5ccc(-c6nc7ccccc7n6-c6ccccc6)cc5)cc4c(-c4ccc5ccccc5c4)c3cc21. The fourth-order valence-electron chi connectivity index (χ4n) is 10.8. The molecule has 11 aromatic carbocycles. The van der Waals surface area contributed by atoms with E-state index in [-0.39, 0.29) is 5.41 Å². The first-order valence-corrected chi connectivity index (χ1v) is 22.3. The Balaban J connectivity index is 1.08. The van der Waals surface area contributed by atoms with E-state index in [9.17, 15) is 0 Å². The van der Waals surface area contributed by atoms with Crippen LogP contribution in [0.4, 0.5) is 0 Å². The van der Waals surface area contributed by atoms with Gasteiger partial charge in [-0.1, -0.05) is 178 Å². The fraction of sp³-hybridized carbons (Fsp3) is 0.0484. The van der Waals surface area contributed by atoms with Crippen LogP contribution < -0.4 is 0 Å². The summed E-state index contributed by atoms with van der Waals surface area (Å²) in [7, 11) is 0. The molecule has 1 aromatic heterocycles. The summed E-state index contributed by atoms with van der Waals surface area (Å²) in [6.07, 6.45) is 0. The van der Waals surface area contributed by atoms with Crippen LogP contribution in [0.15, 0.2) is 218 Å². The summed E-state index contributed by atoms with van der Waals surface area (Å²) in [6.45, 7) is 4.78. The highest BCUT2D eigenvalue weighted by Crippen LogP contribution is 2.54. The average Bonchev–Trinajstić information content (AvgIpc) is 3.84. The molecule has 0 saturated carbocycles. The van der Waals surface area contributed by atoms with E-state index in [2.05, 4.69) is 237 Å². The van der Waals surface area contributed by atoms with E-state index < -0.39 is 0 Å². The first-order valence-electron chi connectivity index (χ1n) is 22.3. The third-order valence-electron chi connectivity index (χ3n) is 13.9. The maximum absolute atomic E-state index is 5.17. The predicted molar refractivity (Wildman–Crippen MR) is 270 cm³/mol. The smallest absolute Gasteiger partial charge is 0.145 e. The van der Waals surface area contributed by atoms with Crippen molar-refractivity contribution < 1.29 is 0 Å². The molecule has 0 radical (unpaired) electrons. The quantitative estimate of drug-likeness (QED) is 0.158. The molecule has 2 nitrogen and oxygen atoms in total. The van der Waals surface area contributed by atoms with E-state index in [1.54, 1.807) is 0 Å². The molecule has 0 N–H and O–H groups in total. The second-order valence-electron chi connectivity index (χ2n) is 17.9. The van der Waals surface area contributed by atoms with Crippen molar-refractivity contribution in [3.8, 4) is 61.6 Å². The standard InChI is InChI=1S/C62H42N2/c1-62(2)55-21-11-10-20-49(55)51-37-53-54(38-56(51)62)60(47-31-27-40-15-7-9-17-44(40)35-47)52-36-45(32-33-50(52)59(53)46-30-26-39-14-6-8-16-43(39)34-46)41-24-28-42(29-25-41)61-63-57-22-12-13-23-58(57)64(61)48-18-4-3-5-19-48/h3-38H,1-2H3. The maximum Gasteiger partial charge on any atom is 0.145 e. The van der Waals surface area contributed by atoms with Gasteiger partial charge in [0, 0.05) is 16.7 Å². The van der Waals surface area contributed by atoms with Crippen LogP contribution in [-0.4, -0.2) is 9.55 Å². The second kappa shape index (κ2) is 14.0. The predicted octanol–water partition coefficient (Wildman–Crippen LogP) is 16.6. The average molecular weight is 815 g/mol. The topological polar surface area (TPSA) is 17.8 Å². The molecular weight excluding hydrogens is 773 g/mol. The Hall–Kier alpha value is -8.07. The number of rotatable bonds is 5. The molecule has 1 heterocycles. The van der Waals surface area contributed by atoms with E-state index in [0.717, 1.165) is 33.7 Å². The lowest BCUT2D eigenvalue weighted by molar-refractivity contribution is 0.661. The Bertz CT molecular complexity index is 3850.